The molecule has 0 saturated carbocycles. The highest BCUT2D eigenvalue weighted by Gasteiger charge is 2.27. The fourth-order valence-corrected chi connectivity index (χ4v) is 4.14. The molecule has 1 amide bonds. The number of hydrogen-bond acceptors (Lipinski definition) is 4. The number of hydrogen-bond donors (Lipinski definition) is 1. The van der Waals surface area contributed by atoms with Crippen molar-refractivity contribution in [1.82, 2.24) is 14.5 Å². The molecule has 6 nitrogen and oxygen atoms in total. The van der Waals surface area contributed by atoms with Crippen LogP contribution in [0, 0.1) is 5.92 Å². The van der Waals surface area contributed by atoms with Crippen molar-refractivity contribution in [2.45, 2.75) is 32.6 Å². The van der Waals surface area contributed by atoms with Gasteiger partial charge in [-0.15, -0.1) is 12.4 Å². The van der Waals surface area contributed by atoms with Crippen LogP contribution in [-0.4, -0.2) is 68.6 Å². The Morgan fingerprint density at radius 1 is 1.14 bits per heavy atom. The van der Waals surface area contributed by atoms with Crippen LogP contribution in [0.25, 0.3) is 0 Å². The SMILES string of the molecule is CCS(=O)(=O)N1CCN(C(=O)CCC2CCNCC2)CC1.Cl. The number of amides is 1. The molecule has 22 heavy (non-hydrogen) atoms. The van der Waals surface area contributed by atoms with Gasteiger partial charge in [-0.25, -0.2) is 8.42 Å². The van der Waals surface area contributed by atoms with Gasteiger partial charge >= 0.3 is 0 Å². The van der Waals surface area contributed by atoms with Crippen LogP contribution >= 0.6 is 12.4 Å². The highest BCUT2D eigenvalue weighted by molar-refractivity contribution is 7.89. The van der Waals surface area contributed by atoms with Gasteiger partial charge in [-0.05, 0) is 45.2 Å². The van der Waals surface area contributed by atoms with Gasteiger partial charge in [0.05, 0.1) is 5.75 Å². The summed E-state index contributed by atoms with van der Waals surface area (Å²) in [7, 11) is -3.11. The van der Waals surface area contributed by atoms with E-state index in [1.807, 2.05) is 4.90 Å². The molecular formula is C14H28ClN3O3S. The minimum atomic E-state index is -3.11. The number of carbonyl (C=O) groups excluding carboxylic acids is 1. The average Bonchev–Trinajstić information content (AvgIpc) is 2.53. The molecule has 0 aliphatic carbocycles. The van der Waals surface area contributed by atoms with Crippen LogP contribution in [0.3, 0.4) is 0 Å². The standard InChI is InChI=1S/C14H27N3O3S.ClH/c1-2-21(19,20)17-11-9-16(10-12-17)14(18)4-3-13-5-7-15-8-6-13;/h13,15H,2-12H2,1H3;1H. The molecule has 2 aliphatic heterocycles. The molecule has 0 aromatic heterocycles. The van der Waals surface area contributed by atoms with E-state index in [9.17, 15) is 13.2 Å². The molecule has 1 N–H and O–H groups in total. The molecule has 130 valence electrons. The highest BCUT2D eigenvalue weighted by atomic mass is 35.5. The number of carbonyl (C=O) groups is 1. The van der Waals surface area contributed by atoms with Crippen LogP contribution in [0.2, 0.25) is 0 Å². The molecular weight excluding hydrogens is 326 g/mol. The van der Waals surface area contributed by atoms with Crippen molar-refractivity contribution < 1.29 is 13.2 Å². The van der Waals surface area contributed by atoms with Crippen molar-refractivity contribution in [2.75, 3.05) is 45.0 Å². The summed E-state index contributed by atoms with van der Waals surface area (Å²) < 4.78 is 25.1. The van der Waals surface area contributed by atoms with Crippen LogP contribution in [0.5, 0.6) is 0 Å². The molecule has 2 fully saturated rings. The minimum absolute atomic E-state index is 0. The van der Waals surface area contributed by atoms with Gasteiger partial charge in [-0.3, -0.25) is 4.79 Å². The number of halogens is 1. The van der Waals surface area contributed by atoms with E-state index in [1.54, 1.807) is 6.92 Å². The second kappa shape index (κ2) is 9.05. The molecule has 2 aliphatic rings. The third-order valence-corrected chi connectivity index (χ3v) is 6.46. The largest absolute Gasteiger partial charge is 0.340 e. The molecule has 0 aromatic carbocycles. The van der Waals surface area contributed by atoms with E-state index in [-0.39, 0.29) is 24.1 Å². The molecule has 2 saturated heterocycles. The van der Waals surface area contributed by atoms with Gasteiger partial charge in [0.2, 0.25) is 15.9 Å². The summed E-state index contributed by atoms with van der Waals surface area (Å²) in [5, 5.41) is 3.33. The predicted molar refractivity (Wildman–Crippen MR) is 89.7 cm³/mol. The van der Waals surface area contributed by atoms with E-state index < -0.39 is 10.0 Å². The number of rotatable bonds is 5. The third-order valence-electron chi connectivity index (χ3n) is 4.57. The van der Waals surface area contributed by atoms with Gasteiger partial charge in [0.15, 0.2) is 0 Å². The van der Waals surface area contributed by atoms with Gasteiger partial charge in [-0.2, -0.15) is 4.31 Å². The van der Waals surface area contributed by atoms with E-state index in [1.165, 1.54) is 4.31 Å². The number of nitrogens with zero attached hydrogens (tertiary/aromatic N) is 2. The number of piperazine rings is 1. The lowest BCUT2D eigenvalue weighted by Crippen LogP contribution is -2.50. The molecule has 0 radical (unpaired) electrons. The Labute approximate surface area is 140 Å². The van der Waals surface area contributed by atoms with Crippen molar-refractivity contribution in [3.05, 3.63) is 0 Å². The lowest BCUT2D eigenvalue weighted by atomic mass is 9.93. The summed E-state index contributed by atoms with van der Waals surface area (Å²) in [4.78, 5) is 14.0. The fourth-order valence-electron chi connectivity index (χ4n) is 3.05. The monoisotopic (exact) mass is 353 g/mol. The van der Waals surface area contributed by atoms with Crippen molar-refractivity contribution in [3.63, 3.8) is 0 Å². The normalized spacial score (nSPS) is 21.4. The Bertz CT molecular complexity index is 444. The lowest BCUT2D eigenvalue weighted by molar-refractivity contribution is -0.132. The summed E-state index contributed by atoms with van der Waals surface area (Å²) in [6.07, 6.45) is 3.89. The summed E-state index contributed by atoms with van der Waals surface area (Å²) in [5.74, 6) is 0.982. The zero-order valence-corrected chi connectivity index (χ0v) is 14.9. The van der Waals surface area contributed by atoms with Crippen LogP contribution < -0.4 is 5.32 Å². The molecule has 2 rings (SSSR count). The first-order valence-electron chi connectivity index (χ1n) is 7.99. The smallest absolute Gasteiger partial charge is 0.222 e. The fraction of sp³-hybridized carbons (Fsp3) is 0.929. The first kappa shape index (κ1) is 19.7. The highest BCUT2D eigenvalue weighted by Crippen LogP contribution is 2.19. The number of piperidine rings is 1. The zero-order chi connectivity index (χ0) is 15.3. The van der Waals surface area contributed by atoms with Gasteiger partial charge in [-0.1, -0.05) is 0 Å². The second-order valence-electron chi connectivity index (χ2n) is 5.91. The lowest BCUT2D eigenvalue weighted by Gasteiger charge is -2.34. The topological polar surface area (TPSA) is 69.7 Å². The Hall–Kier alpha value is -0.370. The van der Waals surface area contributed by atoms with Crippen molar-refractivity contribution >= 4 is 28.3 Å². The summed E-state index contributed by atoms with van der Waals surface area (Å²) in [5.41, 5.74) is 0. The molecule has 0 spiro atoms. The first-order chi connectivity index (χ1) is 10.0. The van der Waals surface area contributed by atoms with Crippen LogP contribution in [0.1, 0.15) is 32.6 Å². The molecule has 0 unspecified atom stereocenters. The minimum Gasteiger partial charge on any atom is -0.340 e. The van der Waals surface area contributed by atoms with Crippen molar-refractivity contribution in [1.29, 1.82) is 0 Å². The summed E-state index contributed by atoms with van der Waals surface area (Å²) in [6.45, 7) is 5.73. The van der Waals surface area contributed by atoms with E-state index in [2.05, 4.69) is 5.32 Å². The van der Waals surface area contributed by atoms with Crippen molar-refractivity contribution in [2.24, 2.45) is 5.92 Å². The van der Waals surface area contributed by atoms with E-state index in [0.29, 0.717) is 38.5 Å². The van der Waals surface area contributed by atoms with Gasteiger partial charge in [0.25, 0.3) is 0 Å². The number of nitrogens with one attached hydrogen (secondary N) is 1. The maximum absolute atomic E-state index is 12.2. The van der Waals surface area contributed by atoms with Crippen LogP contribution in [0.4, 0.5) is 0 Å². The summed E-state index contributed by atoms with van der Waals surface area (Å²) in [6, 6.07) is 0. The molecule has 2 heterocycles. The maximum atomic E-state index is 12.2. The Morgan fingerprint density at radius 2 is 1.73 bits per heavy atom. The van der Waals surface area contributed by atoms with E-state index in [4.69, 9.17) is 0 Å². The van der Waals surface area contributed by atoms with E-state index >= 15 is 0 Å². The average molecular weight is 354 g/mol. The van der Waals surface area contributed by atoms with Gasteiger partial charge in [0, 0.05) is 32.6 Å². The first-order valence-corrected chi connectivity index (χ1v) is 9.60. The Kier molecular flexibility index (Phi) is 8.10. The van der Waals surface area contributed by atoms with Crippen molar-refractivity contribution in [3.8, 4) is 0 Å². The Balaban J connectivity index is 0.00000242. The molecule has 0 aromatic rings. The van der Waals surface area contributed by atoms with Crippen LogP contribution in [0.15, 0.2) is 0 Å². The van der Waals surface area contributed by atoms with E-state index in [0.717, 1.165) is 32.4 Å². The molecule has 8 heteroatoms. The molecule has 0 atom stereocenters. The van der Waals surface area contributed by atoms with Gasteiger partial charge in [0.1, 0.15) is 0 Å². The van der Waals surface area contributed by atoms with Crippen LogP contribution in [-0.2, 0) is 14.8 Å². The van der Waals surface area contributed by atoms with Gasteiger partial charge < -0.3 is 10.2 Å². The third kappa shape index (κ3) is 5.37. The number of sulfonamides is 1. The Morgan fingerprint density at radius 3 is 2.27 bits per heavy atom. The zero-order valence-electron chi connectivity index (χ0n) is 13.3. The second-order valence-corrected chi connectivity index (χ2v) is 8.17. The predicted octanol–water partition coefficient (Wildman–Crippen LogP) is 0.682. The summed E-state index contributed by atoms with van der Waals surface area (Å²) >= 11 is 0. The quantitative estimate of drug-likeness (QED) is 0.789. The maximum Gasteiger partial charge on any atom is 0.222 e. The molecule has 0 bridgehead atoms.